The molecule has 2 N–H and O–H groups in total. The normalized spacial score (nSPS) is 14.7. The Kier molecular flexibility index (Phi) is 6.47. The molecule has 1 aliphatic heterocycles. The van der Waals surface area contributed by atoms with Crippen LogP contribution < -0.4 is 10.6 Å². The summed E-state index contributed by atoms with van der Waals surface area (Å²) in [5.41, 5.74) is 3.40. The van der Waals surface area contributed by atoms with Crippen molar-refractivity contribution in [2.75, 3.05) is 13.1 Å². The van der Waals surface area contributed by atoms with E-state index in [0.717, 1.165) is 55.8 Å². The Bertz CT molecular complexity index is 786. The van der Waals surface area contributed by atoms with Gasteiger partial charge in [0.1, 0.15) is 11.6 Å². The highest BCUT2D eigenvalue weighted by Crippen LogP contribution is 2.15. The fraction of sp³-hybridized carbons (Fsp3) is 0.684. The van der Waals surface area contributed by atoms with Gasteiger partial charge in [0.15, 0.2) is 5.96 Å². The molecule has 0 aromatic carbocycles. The summed E-state index contributed by atoms with van der Waals surface area (Å²) in [6, 6.07) is 0. The number of nitrogens with zero attached hydrogens (tertiary/aromatic N) is 6. The van der Waals surface area contributed by atoms with Crippen LogP contribution in [0.3, 0.4) is 0 Å². The average Bonchev–Trinajstić information content (AvgIpc) is 3.02. The summed E-state index contributed by atoms with van der Waals surface area (Å²) < 4.78 is 4.22. The minimum absolute atomic E-state index is 0.626. The van der Waals surface area contributed by atoms with Crippen LogP contribution in [-0.4, -0.2) is 43.6 Å². The lowest BCUT2D eigenvalue weighted by Crippen LogP contribution is -2.38. The molecule has 3 heterocycles. The van der Waals surface area contributed by atoms with E-state index >= 15 is 0 Å². The molecule has 8 nitrogen and oxygen atoms in total. The van der Waals surface area contributed by atoms with Crippen molar-refractivity contribution in [3.63, 3.8) is 0 Å². The van der Waals surface area contributed by atoms with Crippen LogP contribution in [0.1, 0.15) is 54.8 Å². The number of aromatic nitrogens is 5. The van der Waals surface area contributed by atoms with Gasteiger partial charge in [0, 0.05) is 50.8 Å². The van der Waals surface area contributed by atoms with Crippen LogP contribution in [0.2, 0.25) is 0 Å². The van der Waals surface area contributed by atoms with Crippen molar-refractivity contribution >= 4 is 5.96 Å². The molecule has 0 saturated carbocycles. The highest BCUT2D eigenvalue weighted by atomic mass is 15.3. The zero-order chi connectivity index (χ0) is 19.2. The quantitative estimate of drug-likeness (QED) is 0.595. The Morgan fingerprint density at radius 2 is 2.00 bits per heavy atom. The number of rotatable bonds is 6. The van der Waals surface area contributed by atoms with Crippen molar-refractivity contribution in [2.45, 2.75) is 66.0 Å². The first kappa shape index (κ1) is 19.4. The zero-order valence-corrected chi connectivity index (χ0v) is 17.0. The number of fused-ring (bicyclic) bond motifs is 1. The van der Waals surface area contributed by atoms with Crippen molar-refractivity contribution in [3.05, 3.63) is 28.6 Å². The molecular formula is C19H32N8. The van der Waals surface area contributed by atoms with Crippen molar-refractivity contribution in [1.82, 2.24) is 35.2 Å². The predicted octanol–water partition coefficient (Wildman–Crippen LogP) is 1.65. The molecule has 1 aliphatic rings. The molecule has 2 aromatic rings. The van der Waals surface area contributed by atoms with Gasteiger partial charge in [0.2, 0.25) is 0 Å². The predicted molar refractivity (Wildman–Crippen MR) is 107 cm³/mol. The maximum absolute atomic E-state index is 4.74. The van der Waals surface area contributed by atoms with E-state index in [1.165, 1.54) is 30.5 Å². The largest absolute Gasteiger partial charge is 0.357 e. The SMILES string of the molecule is CCNC(=NCc1c(C)nn(C)c1C)NCCc1nnc2n1CCCCC2. The summed E-state index contributed by atoms with van der Waals surface area (Å²) in [6.45, 7) is 9.49. The summed E-state index contributed by atoms with van der Waals surface area (Å²) in [5.74, 6) is 3.05. The summed E-state index contributed by atoms with van der Waals surface area (Å²) in [5, 5.41) is 20.0. The highest BCUT2D eigenvalue weighted by molar-refractivity contribution is 5.79. The fourth-order valence-electron chi connectivity index (χ4n) is 3.57. The van der Waals surface area contributed by atoms with Gasteiger partial charge in [0.25, 0.3) is 0 Å². The maximum Gasteiger partial charge on any atom is 0.191 e. The monoisotopic (exact) mass is 372 g/mol. The van der Waals surface area contributed by atoms with Gasteiger partial charge in [-0.2, -0.15) is 5.10 Å². The molecular weight excluding hydrogens is 340 g/mol. The van der Waals surface area contributed by atoms with Crippen LogP contribution in [0.15, 0.2) is 4.99 Å². The zero-order valence-electron chi connectivity index (χ0n) is 17.0. The Hall–Kier alpha value is -2.38. The summed E-state index contributed by atoms with van der Waals surface area (Å²) in [4.78, 5) is 4.74. The van der Waals surface area contributed by atoms with E-state index in [1.54, 1.807) is 0 Å². The molecule has 0 saturated heterocycles. The van der Waals surface area contributed by atoms with Crippen molar-refractivity contribution in [3.8, 4) is 0 Å². The first-order valence-electron chi connectivity index (χ1n) is 10.0. The van der Waals surface area contributed by atoms with E-state index in [2.05, 4.69) is 44.3 Å². The minimum atomic E-state index is 0.626. The van der Waals surface area contributed by atoms with Gasteiger partial charge in [-0.15, -0.1) is 10.2 Å². The van der Waals surface area contributed by atoms with Crippen LogP contribution in [0, 0.1) is 13.8 Å². The summed E-state index contributed by atoms with van der Waals surface area (Å²) >= 11 is 0. The van der Waals surface area contributed by atoms with E-state index in [-0.39, 0.29) is 0 Å². The Morgan fingerprint density at radius 1 is 1.15 bits per heavy atom. The van der Waals surface area contributed by atoms with Crippen LogP contribution in [0.25, 0.3) is 0 Å². The topological polar surface area (TPSA) is 84.9 Å². The molecule has 0 fully saturated rings. The Balaban J connectivity index is 1.59. The number of hydrogen-bond acceptors (Lipinski definition) is 4. The second-order valence-electron chi connectivity index (χ2n) is 7.14. The smallest absolute Gasteiger partial charge is 0.191 e. The Labute approximate surface area is 161 Å². The third-order valence-electron chi connectivity index (χ3n) is 5.23. The second kappa shape index (κ2) is 9.01. The Morgan fingerprint density at radius 3 is 2.74 bits per heavy atom. The molecule has 2 aromatic heterocycles. The minimum Gasteiger partial charge on any atom is -0.357 e. The van der Waals surface area contributed by atoms with Gasteiger partial charge in [-0.1, -0.05) is 6.42 Å². The number of aryl methyl sites for hydroxylation is 3. The van der Waals surface area contributed by atoms with Crippen molar-refractivity contribution < 1.29 is 0 Å². The lowest BCUT2D eigenvalue weighted by molar-refractivity contribution is 0.600. The van der Waals surface area contributed by atoms with Crippen LogP contribution in [0.5, 0.6) is 0 Å². The van der Waals surface area contributed by atoms with E-state index in [0.29, 0.717) is 6.54 Å². The molecule has 0 unspecified atom stereocenters. The number of guanidine groups is 1. The lowest BCUT2D eigenvalue weighted by atomic mass is 10.2. The third-order valence-corrected chi connectivity index (χ3v) is 5.23. The van der Waals surface area contributed by atoms with Crippen LogP contribution in [0.4, 0.5) is 0 Å². The summed E-state index contributed by atoms with van der Waals surface area (Å²) in [6.07, 6.45) is 5.63. The summed E-state index contributed by atoms with van der Waals surface area (Å²) in [7, 11) is 1.97. The van der Waals surface area contributed by atoms with Gasteiger partial charge >= 0.3 is 0 Å². The first-order valence-corrected chi connectivity index (χ1v) is 10.0. The van der Waals surface area contributed by atoms with Crippen LogP contribution in [-0.2, 0) is 33.0 Å². The van der Waals surface area contributed by atoms with Crippen molar-refractivity contribution in [1.29, 1.82) is 0 Å². The molecule has 148 valence electrons. The van der Waals surface area contributed by atoms with Crippen LogP contribution >= 0.6 is 0 Å². The number of nitrogens with one attached hydrogen (secondary N) is 2. The molecule has 27 heavy (non-hydrogen) atoms. The first-order chi connectivity index (χ1) is 13.1. The standard InChI is InChI=1S/C19H32N8/c1-5-20-19(22-13-16-14(2)25-26(4)15(16)3)21-11-10-18-24-23-17-9-7-6-8-12-27(17)18/h5-13H2,1-4H3,(H2,20,21,22). The number of hydrogen-bond donors (Lipinski definition) is 2. The molecule has 0 radical (unpaired) electrons. The lowest BCUT2D eigenvalue weighted by Gasteiger charge is -2.12. The molecule has 0 bridgehead atoms. The molecule has 0 amide bonds. The third kappa shape index (κ3) is 4.67. The van der Waals surface area contributed by atoms with E-state index in [4.69, 9.17) is 4.99 Å². The average molecular weight is 373 g/mol. The van der Waals surface area contributed by atoms with Gasteiger partial charge < -0.3 is 15.2 Å². The van der Waals surface area contributed by atoms with Gasteiger partial charge in [-0.05, 0) is 33.6 Å². The number of aliphatic imine (C=N–C) groups is 1. The van der Waals surface area contributed by atoms with Gasteiger partial charge in [-0.3, -0.25) is 4.68 Å². The molecule has 0 atom stereocenters. The molecule has 8 heteroatoms. The molecule has 3 rings (SSSR count). The van der Waals surface area contributed by atoms with Gasteiger partial charge in [-0.25, -0.2) is 4.99 Å². The fourth-order valence-corrected chi connectivity index (χ4v) is 3.57. The highest BCUT2D eigenvalue weighted by Gasteiger charge is 2.14. The van der Waals surface area contributed by atoms with E-state index < -0.39 is 0 Å². The second-order valence-corrected chi connectivity index (χ2v) is 7.14. The molecule has 0 aliphatic carbocycles. The van der Waals surface area contributed by atoms with E-state index in [1.807, 2.05) is 18.7 Å². The van der Waals surface area contributed by atoms with Crippen molar-refractivity contribution in [2.24, 2.45) is 12.0 Å². The molecule has 0 spiro atoms. The van der Waals surface area contributed by atoms with E-state index in [9.17, 15) is 0 Å². The van der Waals surface area contributed by atoms with Gasteiger partial charge in [0.05, 0.1) is 12.2 Å². The maximum atomic E-state index is 4.74.